The molecule has 0 saturated heterocycles. The Morgan fingerprint density at radius 3 is 2.53 bits per heavy atom. The summed E-state index contributed by atoms with van der Waals surface area (Å²) in [6, 6.07) is 16.1. The summed E-state index contributed by atoms with van der Waals surface area (Å²) < 4.78 is 12.9. The molecule has 0 spiro atoms. The molecule has 0 saturated carbocycles. The molecule has 8 nitrogen and oxygen atoms in total. The number of aliphatic imine (C=N–C) groups is 1. The number of guanidine groups is 1. The van der Waals surface area contributed by atoms with E-state index >= 15 is 0 Å². The van der Waals surface area contributed by atoms with Crippen LogP contribution in [0.15, 0.2) is 53.5 Å². The van der Waals surface area contributed by atoms with Crippen molar-refractivity contribution < 1.29 is 9.47 Å². The summed E-state index contributed by atoms with van der Waals surface area (Å²) in [7, 11) is 3.63. The Bertz CT molecular complexity index is 1010. The van der Waals surface area contributed by atoms with Crippen LogP contribution in [0.3, 0.4) is 0 Å². The minimum absolute atomic E-state index is 0.506. The standard InChI is InChI=1S/C24H32N6O2/c1-5-32-22-9-7-6-8-20(22)16-26-24(27-17-23-29-28-18(2)30(23)3)25-15-14-19-10-12-21(31-4)13-11-19/h6-13H,5,14-17H2,1-4H3,(H2,25,26,27). The first-order valence-corrected chi connectivity index (χ1v) is 10.8. The molecule has 0 aliphatic heterocycles. The number of ether oxygens (including phenoxy) is 2. The van der Waals surface area contributed by atoms with Gasteiger partial charge in [-0.25, -0.2) is 4.99 Å². The number of benzene rings is 2. The van der Waals surface area contributed by atoms with Crippen LogP contribution in [0.1, 0.15) is 29.7 Å². The number of nitrogens with zero attached hydrogens (tertiary/aromatic N) is 4. The van der Waals surface area contributed by atoms with Gasteiger partial charge in [0, 0.05) is 19.2 Å². The normalized spacial score (nSPS) is 11.3. The maximum absolute atomic E-state index is 5.73. The minimum Gasteiger partial charge on any atom is -0.497 e. The number of hydrogen-bond acceptors (Lipinski definition) is 5. The zero-order valence-corrected chi connectivity index (χ0v) is 19.3. The van der Waals surface area contributed by atoms with E-state index in [4.69, 9.17) is 14.5 Å². The molecule has 0 amide bonds. The predicted molar refractivity (Wildman–Crippen MR) is 126 cm³/mol. The van der Waals surface area contributed by atoms with Gasteiger partial charge >= 0.3 is 0 Å². The van der Waals surface area contributed by atoms with Crippen molar-refractivity contribution in [1.29, 1.82) is 0 Å². The van der Waals surface area contributed by atoms with Gasteiger partial charge in [-0.2, -0.15) is 0 Å². The van der Waals surface area contributed by atoms with Gasteiger partial charge in [0.1, 0.15) is 17.3 Å². The first-order valence-electron chi connectivity index (χ1n) is 10.8. The van der Waals surface area contributed by atoms with Crippen molar-refractivity contribution in [2.75, 3.05) is 20.3 Å². The minimum atomic E-state index is 0.506. The highest BCUT2D eigenvalue weighted by atomic mass is 16.5. The van der Waals surface area contributed by atoms with Gasteiger partial charge in [0.05, 0.1) is 26.8 Å². The van der Waals surface area contributed by atoms with E-state index in [0.717, 1.165) is 41.7 Å². The van der Waals surface area contributed by atoms with Crippen molar-refractivity contribution in [3.63, 3.8) is 0 Å². The summed E-state index contributed by atoms with van der Waals surface area (Å²) in [5, 5.41) is 15.1. The zero-order valence-electron chi connectivity index (χ0n) is 19.3. The van der Waals surface area contributed by atoms with Crippen molar-refractivity contribution in [1.82, 2.24) is 25.4 Å². The maximum Gasteiger partial charge on any atom is 0.191 e. The highest BCUT2D eigenvalue weighted by Crippen LogP contribution is 2.18. The molecule has 1 heterocycles. The summed E-state index contributed by atoms with van der Waals surface area (Å²) in [6.07, 6.45) is 0.864. The van der Waals surface area contributed by atoms with Gasteiger partial charge in [0.15, 0.2) is 11.8 Å². The highest BCUT2D eigenvalue weighted by molar-refractivity contribution is 5.79. The van der Waals surface area contributed by atoms with Crippen LogP contribution < -0.4 is 20.1 Å². The molecule has 0 fully saturated rings. The maximum atomic E-state index is 5.73. The average molecular weight is 437 g/mol. The van der Waals surface area contributed by atoms with Crippen molar-refractivity contribution in [3.8, 4) is 11.5 Å². The fraction of sp³-hybridized carbons (Fsp3) is 0.375. The van der Waals surface area contributed by atoms with E-state index in [2.05, 4.69) is 33.0 Å². The second-order valence-electron chi connectivity index (χ2n) is 7.31. The lowest BCUT2D eigenvalue weighted by Gasteiger charge is -2.14. The van der Waals surface area contributed by atoms with Gasteiger partial charge < -0.3 is 24.7 Å². The number of aryl methyl sites for hydroxylation is 1. The summed E-state index contributed by atoms with van der Waals surface area (Å²) >= 11 is 0. The van der Waals surface area contributed by atoms with Gasteiger partial charge in [0.25, 0.3) is 0 Å². The quantitative estimate of drug-likeness (QED) is 0.375. The molecular weight excluding hydrogens is 404 g/mol. The van der Waals surface area contributed by atoms with Crippen LogP contribution in [-0.4, -0.2) is 41.0 Å². The smallest absolute Gasteiger partial charge is 0.191 e. The molecule has 170 valence electrons. The molecule has 0 aliphatic carbocycles. The van der Waals surface area contributed by atoms with Crippen molar-refractivity contribution in [2.45, 2.75) is 33.4 Å². The Morgan fingerprint density at radius 2 is 1.84 bits per heavy atom. The second-order valence-corrected chi connectivity index (χ2v) is 7.31. The number of methoxy groups -OCH3 is 1. The molecule has 0 bridgehead atoms. The van der Waals surface area contributed by atoms with Gasteiger partial charge in [0.2, 0.25) is 0 Å². The van der Waals surface area contributed by atoms with Crippen LogP contribution in [0.5, 0.6) is 11.5 Å². The third-order valence-corrected chi connectivity index (χ3v) is 5.14. The number of nitrogens with one attached hydrogen (secondary N) is 2. The first kappa shape index (κ1) is 23.1. The monoisotopic (exact) mass is 436 g/mol. The van der Waals surface area contributed by atoms with Gasteiger partial charge in [-0.1, -0.05) is 30.3 Å². The van der Waals surface area contributed by atoms with E-state index in [9.17, 15) is 0 Å². The fourth-order valence-electron chi connectivity index (χ4n) is 3.15. The largest absolute Gasteiger partial charge is 0.497 e. The number of hydrogen-bond donors (Lipinski definition) is 2. The van der Waals surface area contributed by atoms with Crippen LogP contribution in [-0.2, 0) is 26.6 Å². The van der Waals surface area contributed by atoms with Gasteiger partial charge in [-0.15, -0.1) is 10.2 Å². The molecule has 3 aromatic rings. The molecule has 0 radical (unpaired) electrons. The zero-order chi connectivity index (χ0) is 22.8. The van der Waals surface area contributed by atoms with Crippen molar-refractivity contribution in [3.05, 3.63) is 71.3 Å². The lowest BCUT2D eigenvalue weighted by molar-refractivity contribution is 0.336. The lowest BCUT2D eigenvalue weighted by atomic mass is 10.1. The molecule has 2 aromatic carbocycles. The number of aromatic nitrogens is 3. The Morgan fingerprint density at radius 1 is 1.06 bits per heavy atom. The third kappa shape index (κ3) is 6.47. The van der Waals surface area contributed by atoms with Crippen LogP contribution in [0, 0.1) is 6.92 Å². The number of para-hydroxylation sites is 1. The molecule has 32 heavy (non-hydrogen) atoms. The molecule has 0 unspecified atom stereocenters. The molecule has 1 aromatic heterocycles. The van der Waals surface area contributed by atoms with E-state index < -0.39 is 0 Å². The second kappa shape index (κ2) is 11.7. The van der Waals surface area contributed by atoms with E-state index in [1.165, 1.54) is 5.56 Å². The highest BCUT2D eigenvalue weighted by Gasteiger charge is 2.08. The molecule has 0 aliphatic rings. The van der Waals surface area contributed by atoms with Crippen LogP contribution in [0.25, 0.3) is 0 Å². The summed E-state index contributed by atoms with van der Waals surface area (Å²) in [4.78, 5) is 4.78. The van der Waals surface area contributed by atoms with Crippen molar-refractivity contribution >= 4 is 5.96 Å². The van der Waals surface area contributed by atoms with Crippen molar-refractivity contribution in [2.24, 2.45) is 12.0 Å². The average Bonchev–Trinajstić information content (AvgIpc) is 3.14. The van der Waals surface area contributed by atoms with E-state index in [1.54, 1.807) is 7.11 Å². The predicted octanol–water partition coefficient (Wildman–Crippen LogP) is 3.01. The SMILES string of the molecule is CCOc1ccccc1CN=C(NCCc1ccc(OC)cc1)NCc1nnc(C)n1C. The number of rotatable bonds is 10. The molecule has 0 atom stereocenters. The summed E-state index contributed by atoms with van der Waals surface area (Å²) in [5.74, 6) is 4.16. The lowest BCUT2D eigenvalue weighted by Crippen LogP contribution is -2.38. The Balaban J connectivity index is 1.66. The van der Waals surface area contributed by atoms with Crippen LogP contribution in [0.4, 0.5) is 0 Å². The molecule has 3 rings (SSSR count). The first-order chi connectivity index (χ1) is 15.6. The molecule has 2 N–H and O–H groups in total. The third-order valence-electron chi connectivity index (χ3n) is 5.14. The fourth-order valence-corrected chi connectivity index (χ4v) is 3.15. The Labute approximate surface area is 189 Å². The van der Waals surface area contributed by atoms with Crippen LogP contribution in [0.2, 0.25) is 0 Å². The topological polar surface area (TPSA) is 85.6 Å². The summed E-state index contributed by atoms with van der Waals surface area (Å²) in [5.41, 5.74) is 2.27. The summed E-state index contributed by atoms with van der Waals surface area (Å²) in [6.45, 7) is 6.31. The van der Waals surface area contributed by atoms with Crippen LogP contribution >= 0.6 is 0 Å². The Kier molecular flexibility index (Phi) is 8.48. The van der Waals surface area contributed by atoms with E-state index in [1.807, 2.05) is 61.9 Å². The van der Waals surface area contributed by atoms with Gasteiger partial charge in [-0.3, -0.25) is 0 Å². The van der Waals surface area contributed by atoms with Gasteiger partial charge in [-0.05, 0) is 44.0 Å². The molecular formula is C24H32N6O2. The van der Waals surface area contributed by atoms with E-state index in [0.29, 0.717) is 25.7 Å². The Hall–Kier alpha value is -3.55. The van der Waals surface area contributed by atoms with E-state index in [-0.39, 0.29) is 0 Å². The molecule has 8 heteroatoms.